The maximum Gasteiger partial charge on any atom is 0.220 e. The van der Waals surface area contributed by atoms with Crippen molar-refractivity contribution >= 4 is 5.91 Å². The summed E-state index contributed by atoms with van der Waals surface area (Å²) in [5, 5.41) is 54.1. The lowest BCUT2D eigenvalue weighted by atomic mass is 9.99. The molecule has 1 rings (SSSR count). The van der Waals surface area contributed by atoms with Crippen molar-refractivity contribution in [2.75, 3.05) is 13.2 Å². The molecule has 0 aromatic rings. The van der Waals surface area contributed by atoms with Crippen molar-refractivity contribution in [1.29, 1.82) is 0 Å². The van der Waals surface area contributed by atoms with Crippen LogP contribution in [0.2, 0.25) is 0 Å². The lowest BCUT2D eigenvalue weighted by Crippen LogP contribution is -2.60. The molecule has 0 bridgehead atoms. The van der Waals surface area contributed by atoms with Crippen LogP contribution in [0.15, 0.2) is 97.2 Å². The van der Waals surface area contributed by atoms with Crippen molar-refractivity contribution in [1.82, 2.24) is 5.32 Å². The normalized spacial score (nSPS) is 19.9. The molecule has 1 heterocycles. The molecule has 9 nitrogen and oxygen atoms in total. The second kappa shape index (κ2) is 51.6. The Kier molecular flexibility index (Phi) is 48.1. The minimum atomic E-state index is -1.57. The van der Waals surface area contributed by atoms with Gasteiger partial charge in [-0.1, -0.05) is 252 Å². The van der Waals surface area contributed by atoms with Gasteiger partial charge in [-0.15, -0.1) is 0 Å². The Balaban J connectivity index is 1.99. The highest BCUT2D eigenvalue weighted by Gasteiger charge is 2.44. The number of aliphatic hydroxyl groups excluding tert-OH is 5. The number of allylic oxidation sites excluding steroid dienone is 15. The zero-order valence-electron chi connectivity index (χ0n) is 45.9. The molecule has 72 heavy (non-hydrogen) atoms. The van der Waals surface area contributed by atoms with Gasteiger partial charge in [0.25, 0.3) is 0 Å². The van der Waals surface area contributed by atoms with Gasteiger partial charge >= 0.3 is 0 Å². The number of ether oxygens (including phenoxy) is 2. The molecule has 1 aliphatic rings. The largest absolute Gasteiger partial charge is 0.394 e. The highest BCUT2D eigenvalue weighted by molar-refractivity contribution is 5.76. The quantitative estimate of drug-likeness (QED) is 0.0261. The molecule has 6 N–H and O–H groups in total. The Hall–Kier alpha value is -2.89. The summed E-state index contributed by atoms with van der Waals surface area (Å²) in [4.78, 5) is 13.0. The number of amides is 1. The standard InChI is InChI=1S/C63H109NO8/c1-3-5-7-9-11-13-14-15-16-17-18-19-20-21-22-23-24-25-26-27-28-29-30-31-32-33-34-35-36-37-38-39-40-41-42-43-44-45-47-49-51-53-59(67)64-56(57(66)52-50-48-46-12-10-8-6-4-2)55-71-63-62(70)61(69)60(68)58(54-65)72-63/h5,7,10-13,15-16,18-19,21-22,24-25,50,52,56-58,60-63,65-66,68-70H,3-4,6,8-9,14,17,20,23,26-49,51,53-55H2,1-2H3,(H,64,67)/b7-5-,12-10+,13-11-,16-15-,19-18-,22-21-,25-24-,52-50+. The number of carbonyl (C=O) groups excluding carboxylic acids is 1. The highest BCUT2D eigenvalue weighted by atomic mass is 16.7. The number of nitrogens with one attached hydrogen (secondary N) is 1. The van der Waals surface area contributed by atoms with Gasteiger partial charge in [0.2, 0.25) is 5.91 Å². The van der Waals surface area contributed by atoms with E-state index in [0.29, 0.717) is 6.42 Å². The lowest BCUT2D eigenvalue weighted by Gasteiger charge is -2.40. The molecule has 0 aromatic heterocycles. The van der Waals surface area contributed by atoms with Crippen molar-refractivity contribution < 1.29 is 39.8 Å². The summed E-state index contributed by atoms with van der Waals surface area (Å²) in [5.74, 6) is -0.190. The van der Waals surface area contributed by atoms with Crippen LogP contribution in [0.25, 0.3) is 0 Å². The maximum atomic E-state index is 13.0. The van der Waals surface area contributed by atoms with E-state index in [0.717, 1.165) is 89.9 Å². The third kappa shape index (κ3) is 40.5. The molecule has 7 unspecified atom stereocenters. The van der Waals surface area contributed by atoms with E-state index >= 15 is 0 Å². The summed E-state index contributed by atoms with van der Waals surface area (Å²) in [5.41, 5.74) is 0. The van der Waals surface area contributed by atoms with Crippen LogP contribution in [0, 0.1) is 0 Å². The van der Waals surface area contributed by atoms with Crippen molar-refractivity contribution in [2.45, 2.75) is 281 Å². The van der Waals surface area contributed by atoms with Crippen LogP contribution < -0.4 is 5.32 Å². The third-order valence-electron chi connectivity index (χ3n) is 13.4. The highest BCUT2D eigenvalue weighted by Crippen LogP contribution is 2.23. The summed E-state index contributed by atoms with van der Waals surface area (Å²) in [7, 11) is 0. The first-order valence-electron chi connectivity index (χ1n) is 29.5. The number of hydrogen-bond donors (Lipinski definition) is 6. The number of rotatable bonds is 49. The average molecular weight is 1010 g/mol. The van der Waals surface area contributed by atoms with Crippen LogP contribution in [-0.4, -0.2) is 87.5 Å². The minimum Gasteiger partial charge on any atom is -0.394 e. The van der Waals surface area contributed by atoms with Gasteiger partial charge in [-0.3, -0.25) is 4.79 Å². The topological polar surface area (TPSA) is 149 Å². The first kappa shape index (κ1) is 67.1. The van der Waals surface area contributed by atoms with E-state index in [1.54, 1.807) is 6.08 Å². The van der Waals surface area contributed by atoms with Crippen molar-refractivity contribution in [3.05, 3.63) is 97.2 Å². The van der Waals surface area contributed by atoms with E-state index in [2.05, 4.69) is 104 Å². The fourth-order valence-electron chi connectivity index (χ4n) is 8.75. The Morgan fingerprint density at radius 1 is 0.486 bits per heavy atom. The molecular weight excluding hydrogens is 899 g/mol. The average Bonchev–Trinajstić information content (AvgIpc) is 3.38. The molecule has 414 valence electrons. The zero-order chi connectivity index (χ0) is 52.2. The SMILES string of the molecule is CC/C=C\C/C=C\C/C=C\C/C=C\C/C=C\C/C=C\CCCCCCCCCCCCCCCCCCCCCCCCC(=O)NC(COC1OC(CO)C(O)C(O)C1O)C(O)/C=C/CC/C=C/CCCC. The summed E-state index contributed by atoms with van der Waals surface area (Å²) in [6.07, 6.45) is 68.2. The molecule has 0 radical (unpaired) electrons. The Labute approximate surface area is 441 Å². The van der Waals surface area contributed by atoms with E-state index in [9.17, 15) is 30.3 Å². The molecule has 1 amide bonds. The molecule has 0 aliphatic carbocycles. The van der Waals surface area contributed by atoms with Gasteiger partial charge in [-0.05, 0) is 77.0 Å². The Bertz CT molecular complexity index is 1450. The predicted molar refractivity (Wildman–Crippen MR) is 304 cm³/mol. The fourth-order valence-corrected chi connectivity index (χ4v) is 8.75. The summed E-state index contributed by atoms with van der Waals surface area (Å²) >= 11 is 0. The second-order valence-corrected chi connectivity index (χ2v) is 20.0. The van der Waals surface area contributed by atoms with E-state index < -0.39 is 49.5 Å². The van der Waals surface area contributed by atoms with Crippen LogP contribution in [0.3, 0.4) is 0 Å². The Morgan fingerprint density at radius 2 is 0.875 bits per heavy atom. The lowest BCUT2D eigenvalue weighted by molar-refractivity contribution is -0.302. The van der Waals surface area contributed by atoms with E-state index in [1.807, 2.05) is 6.08 Å². The van der Waals surface area contributed by atoms with E-state index in [4.69, 9.17) is 9.47 Å². The monoisotopic (exact) mass is 1010 g/mol. The van der Waals surface area contributed by atoms with Crippen LogP contribution >= 0.6 is 0 Å². The fraction of sp³-hybridized carbons (Fsp3) is 0.730. The number of aliphatic hydroxyl groups is 5. The van der Waals surface area contributed by atoms with Gasteiger partial charge < -0.3 is 40.3 Å². The minimum absolute atomic E-state index is 0.190. The summed E-state index contributed by atoms with van der Waals surface area (Å²) in [6.45, 7) is 3.56. The maximum absolute atomic E-state index is 13.0. The van der Waals surface area contributed by atoms with Gasteiger partial charge in [0.15, 0.2) is 6.29 Å². The number of unbranched alkanes of at least 4 members (excludes halogenated alkanes) is 25. The number of carbonyl (C=O) groups is 1. The smallest absolute Gasteiger partial charge is 0.220 e. The van der Waals surface area contributed by atoms with Gasteiger partial charge in [-0.2, -0.15) is 0 Å². The van der Waals surface area contributed by atoms with E-state index in [-0.39, 0.29) is 12.5 Å². The molecule has 1 aliphatic heterocycles. The van der Waals surface area contributed by atoms with Crippen molar-refractivity contribution in [3.8, 4) is 0 Å². The molecule has 7 atom stereocenters. The molecule has 0 spiro atoms. The van der Waals surface area contributed by atoms with Crippen molar-refractivity contribution in [3.63, 3.8) is 0 Å². The van der Waals surface area contributed by atoms with Crippen LogP contribution in [0.4, 0.5) is 0 Å². The van der Waals surface area contributed by atoms with Crippen LogP contribution in [-0.2, 0) is 14.3 Å². The molecule has 0 saturated carbocycles. The van der Waals surface area contributed by atoms with Gasteiger partial charge in [0, 0.05) is 6.42 Å². The third-order valence-corrected chi connectivity index (χ3v) is 13.4. The Morgan fingerprint density at radius 3 is 1.33 bits per heavy atom. The summed E-state index contributed by atoms with van der Waals surface area (Å²) in [6, 6.07) is -0.821. The molecule has 1 fully saturated rings. The molecular formula is C63H109NO8. The summed E-state index contributed by atoms with van der Waals surface area (Å²) < 4.78 is 11.2. The number of hydrogen-bond acceptors (Lipinski definition) is 8. The molecule has 9 heteroatoms. The van der Waals surface area contributed by atoms with Crippen LogP contribution in [0.1, 0.15) is 239 Å². The van der Waals surface area contributed by atoms with Gasteiger partial charge in [0.05, 0.1) is 25.4 Å². The molecule has 0 aromatic carbocycles. The first-order valence-corrected chi connectivity index (χ1v) is 29.5. The van der Waals surface area contributed by atoms with Gasteiger partial charge in [-0.25, -0.2) is 0 Å². The van der Waals surface area contributed by atoms with Gasteiger partial charge in [0.1, 0.15) is 24.4 Å². The zero-order valence-corrected chi connectivity index (χ0v) is 45.9. The van der Waals surface area contributed by atoms with E-state index in [1.165, 1.54) is 128 Å². The predicted octanol–water partition coefficient (Wildman–Crippen LogP) is 14.8. The second-order valence-electron chi connectivity index (χ2n) is 20.0. The van der Waals surface area contributed by atoms with Crippen molar-refractivity contribution in [2.24, 2.45) is 0 Å². The first-order chi connectivity index (χ1) is 35.3. The molecule has 1 saturated heterocycles. The van der Waals surface area contributed by atoms with Crippen LogP contribution in [0.5, 0.6) is 0 Å².